The maximum absolute atomic E-state index is 14.0. The van der Waals surface area contributed by atoms with Gasteiger partial charge in [0.1, 0.15) is 11.6 Å². The second-order valence-corrected chi connectivity index (χ2v) is 12.0. The number of nitrogens with one attached hydrogen (secondary N) is 1. The molecule has 218 valence electrons. The molecule has 3 aromatic rings. The van der Waals surface area contributed by atoms with Gasteiger partial charge in [0, 0.05) is 18.7 Å². The van der Waals surface area contributed by atoms with Crippen molar-refractivity contribution in [1.82, 2.24) is 9.97 Å². The summed E-state index contributed by atoms with van der Waals surface area (Å²) in [6.07, 6.45) is 1.46. The third kappa shape index (κ3) is 7.31. The Balaban J connectivity index is 0.00000124. The average Bonchev–Trinajstić information content (AvgIpc) is 3.48. The number of nitrogens with zero attached hydrogens (tertiary/aromatic N) is 3. The number of hydrogen-bond acceptors (Lipinski definition) is 7. The molecule has 0 radical (unpaired) electrons. The molecule has 1 saturated carbocycles. The summed E-state index contributed by atoms with van der Waals surface area (Å²) in [4.78, 5) is 26.9. The van der Waals surface area contributed by atoms with Gasteiger partial charge in [0.05, 0.1) is 11.3 Å². The van der Waals surface area contributed by atoms with Crippen molar-refractivity contribution in [3.8, 4) is 11.3 Å². The summed E-state index contributed by atoms with van der Waals surface area (Å²) in [5.41, 5.74) is 0.0233. The van der Waals surface area contributed by atoms with E-state index < -0.39 is 21.8 Å². The Labute approximate surface area is 237 Å². The predicted molar refractivity (Wildman–Crippen MR) is 147 cm³/mol. The van der Waals surface area contributed by atoms with Crippen LogP contribution >= 0.6 is 0 Å². The Morgan fingerprint density at radius 3 is 2.22 bits per heavy atom. The smallest absolute Gasteiger partial charge is 0.357 e. The molecule has 2 fully saturated rings. The van der Waals surface area contributed by atoms with Gasteiger partial charge in [-0.25, -0.2) is 9.97 Å². The Morgan fingerprint density at radius 2 is 1.56 bits per heavy atom. The molecule has 8 nitrogen and oxygen atoms in total. The van der Waals surface area contributed by atoms with Gasteiger partial charge in [-0.2, -0.15) is 31.2 Å². The molecule has 41 heavy (non-hydrogen) atoms. The molecule has 3 heterocycles. The quantitative estimate of drug-likeness (QED) is 0.361. The fourth-order valence-corrected chi connectivity index (χ4v) is 6.38. The summed E-state index contributed by atoms with van der Waals surface area (Å²) < 4.78 is 70.9. The largest absolute Gasteiger partial charge is 0.418 e. The standard InChI is InChI=1S/C28H31F3N4O2S.CO2/c1-19-15-17-35(18-16-19)25-11-6-12-26(33-25)38(36,37)34-24-14-13-23(28(29,30)31)27(32-24)22-10-5-4-9-21(22)20-7-2-3-8-20;2-1-3/h4-6,9-14,19-20H,2-3,7-8,15-18H2,1H3,(H,32,34);. The number of anilines is 2. The molecule has 0 atom stereocenters. The van der Waals surface area contributed by atoms with Crippen molar-refractivity contribution >= 4 is 27.8 Å². The van der Waals surface area contributed by atoms with Crippen LogP contribution < -0.4 is 9.62 Å². The lowest BCUT2D eigenvalue weighted by molar-refractivity contribution is -0.191. The van der Waals surface area contributed by atoms with Crippen molar-refractivity contribution in [3.63, 3.8) is 0 Å². The van der Waals surface area contributed by atoms with Gasteiger partial charge in [-0.15, -0.1) is 0 Å². The zero-order valence-electron chi connectivity index (χ0n) is 22.5. The van der Waals surface area contributed by atoms with E-state index in [1.54, 1.807) is 24.3 Å². The van der Waals surface area contributed by atoms with E-state index in [0.717, 1.165) is 69.3 Å². The van der Waals surface area contributed by atoms with Crippen LogP contribution in [0.5, 0.6) is 0 Å². The Hall–Kier alpha value is -3.76. The van der Waals surface area contributed by atoms with Crippen LogP contribution in [0.1, 0.15) is 62.5 Å². The lowest BCUT2D eigenvalue weighted by Gasteiger charge is -2.31. The molecular weight excluding hydrogens is 557 g/mol. The number of carbonyl (C=O) groups excluding carboxylic acids is 2. The molecule has 5 rings (SSSR count). The molecule has 1 aliphatic heterocycles. The van der Waals surface area contributed by atoms with Gasteiger partial charge in [0.2, 0.25) is 0 Å². The minimum Gasteiger partial charge on any atom is -0.357 e. The molecular formula is C29H31F3N4O4S. The van der Waals surface area contributed by atoms with Gasteiger partial charge in [0.25, 0.3) is 10.0 Å². The first kappa shape index (κ1) is 30.2. The highest BCUT2D eigenvalue weighted by molar-refractivity contribution is 7.92. The third-order valence-corrected chi connectivity index (χ3v) is 8.80. The summed E-state index contributed by atoms with van der Waals surface area (Å²) in [6.45, 7) is 3.76. The second kappa shape index (κ2) is 12.8. The molecule has 0 unspecified atom stereocenters. The Bertz CT molecular complexity index is 1490. The second-order valence-electron chi connectivity index (χ2n) is 10.4. The van der Waals surface area contributed by atoms with E-state index in [4.69, 9.17) is 9.59 Å². The first-order valence-electron chi connectivity index (χ1n) is 13.4. The fourth-order valence-electron chi connectivity index (χ4n) is 5.41. The van der Waals surface area contributed by atoms with Crippen molar-refractivity contribution < 1.29 is 31.2 Å². The number of aromatic nitrogens is 2. The maximum atomic E-state index is 14.0. The van der Waals surface area contributed by atoms with E-state index in [2.05, 4.69) is 21.6 Å². The van der Waals surface area contributed by atoms with Crippen LogP contribution in [0.2, 0.25) is 0 Å². The van der Waals surface area contributed by atoms with Gasteiger partial charge in [-0.05, 0) is 67.3 Å². The average molecular weight is 589 g/mol. The Kier molecular flexibility index (Phi) is 9.45. The van der Waals surface area contributed by atoms with Gasteiger partial charge in [-0.3, -0.25) is 4.72 Å². The zero-order valence-corrected chi connectivity index (χ0v) is 23.3. The molecule has 1 aliphatic carbocycles. The Morgan fingerprint density at radius 1 is 0.902 bits per heavy atom. The molecule has 0 amide bonds. The van der Waals surface area contributed by atoms with Crippen LogP contribution in [0.25, 0.3) is 11.3 Å². The number of rotatable bonds is 6. The molecule has 12 heteroatoms. The lowest BCUT2D eigenvalue weighted by atomic mass is 9.90. The molecule has 1 aromatic carbocycles. The van der Waals surface area contributed by atoms with Crippen LogP contribution in [0.4, 0.5) is 24.8 Å². The van der Waals surface area contributed by atoms with Crippen molar-refractivity contribution in [1.29, 1.82) is 0 Å². The summed E-state index contributed by atoms with van der Waals surface area (Å²) in [5, 5.41) is -0.205. The number of halogens is 3. The van der Waals surface area contributed by atoms with Gasteiger partial charge < -0.3 is 4.90 Å². The van der Waals surface area contributed by atoms with E-state index in [9.17, 15) is 21.6 Å². The maximum Gasteiger partial charge on any atom is 0.418 e. The fraction of sp³-hybridized carbons (Fsp3) is 0.414. The van der Waals surface area contributed by atoms with Crippen LogP contribution in [0, 0.1) is 5.92 Å². The van der Waals surface area contributed by atoms with Gasteiger partial charge in [-0.1, -0.05) is 50.1 Å². The summed E-state index contributed by atoms with van der Waals surface area (Å²) in [5.74, 6) is 1.14. The molecule has 2 aromatic heterocycles. The lowest BCUT2D eigenvalue weighted by Crippen LogP contribution is -2.33. The first-order valence-corrected chi connectivity index (χ1v) is 14.9. The highest BCUT2D eigenvalue weighted by Gasteiger charge is 2.36. The van der Waals surface area contributed by atoms with E-state index in [1.807, 2.05) is 17.0 Å². The number of benzene rings is 1. The summed E-state index contributed by atoms with van der Waals surface area (Å²) in [6, 6.07) is 13.7. The van der Waals surface area contributed by atoms with E-state index >= 15 is 0 Å². The van der Waals surface area contributed by atoms with Gasteiger partial charge in [0.15, 0.2) is 5.03 Å². The van der Waals surface area contributed by atoms with Crippen molar-refractivity contribution in [2.45, 2.75) is 62.6 Å². The molecule has 2 aliphatic rings. The molecule has 1 saturated heterocycles. The minimum atomic E-state index is -4.65. The number of piperidine rings is 1. The van der Waals surface area contributed by atoms with Crippen molar-refractivity contribution in [2.75, 3.05) is 22.7 Å². The summed E-state index contributed by atoms with van der Waals surface area (Å²) >= 11 is 0. The molecule has 0 spiro atoms. The predicted octanol–water partition coefficient (Wildman–Crippen LogP) is 6.27. The highest BCUT2D eigenvalue weighted by atomic mass is 32.2. The number of sulfonamides is 1. The zero-order chi connectivity index (χ0) is 29.6. The van der Waals surface area contributed by atoms with Crippen LogP contribution in [-0.2, 0) is 25.8 Å². The number of hydrogen-bond donors (Lipinski definition) is 1. The molecule has 1 N–H and O–H groups in total. The normalized spacial score (nSPS) is 16.5. The van der Waals surface area contributed by atoms with Crippen molar-refractivity contribution in [3.05, 3.63) is 65.7 Å². The number of pyridine rings is 2. The van der Waals surface area contributed by atoms with Crippen molar-refractivity contribution in [2.24, 2.45) is 5.92 Å². The van der Waals surface area contributed by atoms with Crippen LogP contribution in [0.15, 0.2) is 59.6 Å². The summed E-state index contributed by atoms with van der Waals surface area (Å²) in [7, 11) is -4.19. The monoisotopic (exact) mass is 588 g/mol. The minimum absolute atomic E-state index is 0.152. The first-order chi connectivity index (χ1) is 19.5. The van der Waals surface area contributed by atoms with Crippen LogP contribution in [-0.4, -0.2) is 37.6 Å². The SMILES string of the molecule is CC1CCN(c2cccc(S(=O)(=O)Nc3ccc(C(F)(F)F)c(-c4ccccc4C4CCCC4)n3)n2)CC1.O=C=O. The number of alkyl halides is 3. The van der Waals surface area contributed by atoms with E-state index in [0.29, 0.717) is 17.3 Å². The highest BCUT2D eigenvalue weighted by Crippen LogP contribution is 2.43. The van der Waals surface area contributed by atoms with E-state index in [1.165, 1.54) is 6.07 Å². The van der Waals surface area contributed by atoms with Crippen LogP contribution in [0.3, 0.4) is 0 Å². The van der Waals surface area contributed by atoms with Gasteiger partial charge >= 0.3 is 12.3 Å². The topological polar surface area (TPSA) is 109 Å². The third-order valence-electron chi connectivity index (χ3n) is 7.54. The molecule has 0 bridgehead atoms. The van der Waals surface area contributed by atoms with E-state index in [-0.39, 0.29) is 28.6 Å².